The standard InChI is InChI=1S/C21H19N5O3S/c1-2-25-17(23-24-21(25)30)11-22-18(27)14-8-9-15-16(10-14)20(29)26(19(15)28)12-13-6-4-3-5-7-13/h3-10H,2,11-12H2,1H3,(H,22,27)(H,24,30). The predicted octanol–water partition coefficient (Wildman–Crippen LogP) is 2.69. The fourth-order valence-corrected chi connectivity index (χ4v) is 3.69. The van der Waals surface area contributed by atoms with Gasteiger partial charge in [-0.2, -0.15) is 5.10 Å². The first-order chi connectivity index (χ1) is 14.5. The van der Waals surface area contributed by atoms with Crippen molar-refractivity contribution < 1.29 is 14.4 Å². The number of amides is 3. The van der Waals surface area contributed by atoms with E-state index < -0.39 is 5.91 Å². The summed E-state index contributed by atoms with van der Waals surface area (Å²) in [5.41, 5.74) is 1.70. The summed E-state index contributed by atoms with van der Waals surface area (Å²) >= 11 is 5.14. The van der Waals surface area contributed by atoms with Crippen LogP contribution in [0.5, 0.6) is 0 Å². The summed E-state index contributed by atoms with van der Waals surface area (Å²) in [6, 6.07) is 13.8. The Hall–Kier alpha value is -3.59. The molecule has 3 aromatic rings. The molecule has 2 aromatic carbocycles. The van der Waals surface area contributed by atoms with Crippen molar-refractivity contribution in [3.05, 3.63) is 81.4 Å². The summed E-state index contributed by atoms with van der Waals surface area (Å²) in [5, 5.41) is 9.58. The second-order valence-corrected chi connectivity index (χ2v) is 7.20. The maximum absolute atomic E-state index is 12.8. The average Bonchev–Trinajstić information content (AvgIpc) is 3.24. The van der Waals surface area contributed by atoms with Gasteiger partial charge in [-0.15, -0.1) is 0 Å². The molecule has 0 unspecified atom stereocenters. The number of H-pyrrole nitrogens is 1. The van der Waals surface area contributed by atoms with Crippen LogP contribution in [0.2, 0.25) is 0 Å². The van der Waals surface area contributed by atoms with E-state index in [2.05, 4.69) is 15.5 Å². The molecular weight excluding hydrogens is 402 g/mol. The Bertz CT molecular complexity index is 1200. The lowest BCUT2D eigenvalue weighted by atomic mass is 10.1. The molecule has 0 saturated carbocycles. The van der Waals surface area contributed by atoms with Crippen molar-refractivity contribution in [2.24, 2.45) is 0 Å². The van der Waals surface area contributed by atoms with Crippen LogP contribution in [0.15, 0.2) is 48.5 Å². The SMILES string of the molecule is CCn1c(CNC(=O)c2ccc3c(c2)C(=O)N(Cc2ccccc2)C3=O)n[nH]c1=S. The third kappa shape index (κ3) is 3.55. The molecule has 0 saturated heterocycles. The van der Waals surface area contributed by atoms with Gasteiger partial charge in [-0.1, -0.05) is 30.3 Å². The second kappa shape index (κ2) is 8.03. The first-order valence-electron chi connectivity index (χ1n) is 9.46. The summed E-state index contributed by atoms with van der Waals surface area (Å²) in [4.78, 5) is 39.2. The number of aromatic amines is 1. The molecule has 0 fully saturated rings. The topological polar surface area (TPSA) is 100 Å². The first-order valence-corrected chi connectivity index (χ1v) is 9.87. The maximum atomic E-state index is 12.8. The Balaban J connectivity index is 1.51. The minimum atomic E-state index is -0.402. The summed E-state index contributed by atoms with van der Waals surface area (Å²) in [7, 11) is 0. The van der Waals surface area contributed by atoms with E-state index in [-0.39, 0.29) is 30.5 Å². The largest absolute Gasteiger partial charge is 0.345 e. The van der Waals surface area contributed by atoms with Gasteiger partial charge in [0.2, 0.25) is 0 Å². The zero-order valence-corrected chi connectivity index (χ0v) is 17.0. The van der Waals surface area contributed by atoms with Gasteiger partial charge in [0.05, 0.1) is 24.2 Å². The van der Waals surface area contributed by atoms with Gasteiger partial charge >= 0.3 is 0 Å². The highest BCUT2D eigenvalue weighted by atomic mass is 32.1. The van der Waals surface area contributed by atoms with E-state index in [1.54, 1.807) is 10.6 Å². The van der Waals surface area contributed by atoms with Gasteiger partial charge in [0.1, 0.15) is 0 Å². The molecule has 3 amide bonds. The second-order valence-electron chi connectivity index (χ2n) is 6.81. The maximum Gasteiger partial charge on any atom is 0.261 e. The molecule has 152 valence electrons. The number of carbonyl (C=O) groups excluding carboxylic acids is 3. The van der Waals surface area contributed by atoms with Crippen LogP contribution in [0.4, 0.5) is 0 Å². The number of fused-ring (bicyclic) bond motifs is 1. The Morgan fingerprint density at radius 3 is 2.57 bits per heavy atom. The van der Waals surface area contributed by atoms with Crippen molar-refractivity contribution in [3.8, 4) is 0 Å². The highest BCUT2D eigenvalue weighted by Crippen LogP contribution is 2.25. The van der Waals surface area contributed by atoms with Gasteiger partial charge < -0.3 is 9.88 Å². The van der Waals surface area contributed by atoms with Crippen LogP contribution >= 0.6 is 12.2 Å². The summed E-state index contributed by atoms with van der Waals surface area (Å²) in [6.45, 7) is 2.94. The molecule has 0 aliphatic carbocycles. The van der Waals surface area contributed by atoms with Gasteiger partial charge in [0, 0.05) is 12.1 Å². The molecule has 0 radical (unpaired) electrons. The molecule has 1 aliphatic heterocycles. The lowest BCUT2D eigenvalue weighted by Gasteiger charge is -2.13. The number of hydrogen-bond acceptors (Lipinski definition) is 5. The van der Waals surface area contributed by atoms with E-state index in [1.807, 2.05) is 37.3 Å². The molecular formula is C21H19N5O3S. The highest BCUT2D eigenvalue weighted by molar-refractivity contribution is 7.71. The quantitative estimate of drug-likeness (QED) is 0.471. The summed E-state index contributed by atoms with van der Waals surface area (Å²) in [6.07, 6.45) is 0. The Morgan fingerprint density at radius 2 is 1.83 bits per heavy atom. The van der Waals surface area contributed by atoms with Gasteiger partial charge in [-0.05, 0) is 42.9 Å². The highest BCUT2D eigenvalue weighted by Gasteiger charge is 2.36. The normalized spacial score (nSPS) is 12.9. The van der Waals surface area contributed by atoms with Gasteiger partial charge in [0.25, 0.3) is 17.7 Å². The molecule has 0 bridgehead atoms. The molecule has 4 rings (SSSR count). The molecule has 1 aliphatic rings. The third-order valence-electron chi connectivity index (χ3n) is 4.98. The van der Waals surface area contributed by atoms with Crippen LogP contribution in [-0.2, 0) is 19.6 Å². The average molecular weight is 421 g/mol. The van der Waals surface area contributed by atoms with Crippen molar-refractivity contribution >= 4 is 29.9 Å². The Morgan fingerprint density at radius 1 is 1.10 bits per heavy atom. The monoisotopic (exact) mass is 421 g/mol. The van der Waals surface area contributed by atoms with Crippen molar-refractivity contribution in [1.29, 1.82) is 0 Å². The fraction of sp³-hybridized carbons (Fsp3) is 0.190. The molecule has 0 spiro atoms. The van der Waals surface area contributed by atoms with Crippen LogP contribution in [0, 0.1) is 4.77 Å². The van der Waals surface area contributed by atoms with Crippen molar-refractivity contribution in [2.75, 3.05) is 0 Å². The van der Waals surface area contributed by atoms with Gasteiger partial charge in [-0.3, -0.25) is 24.4 Å². The molecule has 1 aromatic heterocycles. The van der Waals surface area contributed by atoms with E-state index in [1.165, 1.54) is 17.0 Å². The summed E-state index contributed by atoms with van der Waals surface area (Å²) < 4.78 is 2.27. The van der Waals surface area contributed by atoms with E-state index in [4.69, 9.17) is 12.2 Å². The third-order valence-corrected chi connectivity index (χ3v) is 5.29. The van der Waals surface area contributed by atoms with E-state index in [9.17, 15) is 14.4 Å². The predicted molar refractivity (Wildman–Crippen MR) is 111 cm³/mol. The molecule has 9 heteroatoms. The zero-order valence-electron chi connectivity index (χ0n) is 16.2. The van der Waals surface area contributed by atoms with Crippen LogP contribution in [0.1, 0.15) is 49.4 Å². The number of carbonyl (C=O) groups is 3. The minimum absolute atomic E-state index is 0.184. The van der Waals surface area contributed by atoms with Crippen LogP contribution in [0.25, 0.3) is 0 Å². The van der Waals surface area contributed by atoms with Crippen LogP contribution in [0.3, 0.4) is 0 Å². The number of nitrogens with one attached hydrogen (secondary N) is 2. The van der Waals surface area contributed by atoms with E-state index in [0.29, 0.717) is 28.3 Å². The smallest absolute Gasteiger partial charge is 0.261 e. The number of aromatic nitrogens is 3. The Labute approximate surface area is 177 Å². The number of nitrogens with zero attached hydrogens (tertiary/aromatic N) is 3. The molecule has 30 heavy (non-hydrogen) atoms. The van der Waals surface area contributed by atoms with Crippen molar-refractivity contribution in [1.82, 2.24) is 25.0 Å². The van der Waals surface area contributed by atoms with Crippen molar-refractivity contribution in [3.63, 3.8) is 0 Å². The van der Waals surface area contributed by atoms with Gasteiger partial charge in [-0.25, -0.2) is 0 Å². The molecule has 2 heterocycles. The zero-order chi connectivity index (χ0) is 21.3. The molecule has 2 N–H and O–H groups in total. The van der Waals surface area contributed by atoms with Crippen LogP contribution in [-0.4, -0.2) is 37.4 Å². The van der Waals surface area contributed by atoms with Crippen LogP contribution < -0.4 is 5.32 Å². The van der Waals surface area contributed by atoms with Gasteiger partial charge in [0.15, 0.2) is 10.6 Å². The molecule has 0 atom stereocenters. The fourth-order valence-electron chi connectivity index (χ4n) is 3.41. The van der Waals surface area contributed by atoms with Crippen molar-refractivity contribution in [2.45, 2.75) is 26.6 Å². The Kier molecular flexibility index (Phi) is 5.28. The number of imide groups is 1. The van der Waals surface area contributed by atoms with E-state index in [0.717, 1.165) is 5.56 Å². The lowest BCUT2D eigenvalue weighted by Crippen LogP contribution is -2.29. The minimum Gasteiger partial charge on any atom is -0.345 e. The number of rotatable bonds is 6. The lowest BCUT2D eigenvalue weighted by molar-refractivity contribution is 0.0642. The van der Waals surface area contributed by atoms with E-state index >= 15 is 0 Å². The number of hydrogen-bond donors (Lipinski definition) is 2. The first kappa shape index (κ1) is 19.7. The molecule has 8 nitrogen and oxygen atoms in total. The number of benzene rings is 2. The summed E-state index contributed by atoms with van der Waals surface area (Å²) in [5.74, 6) is -0.516.